The van der Waals surface area contributed by atoms with Gasteiger partial charge in [-0.25, -0.2) is 0 Å². The fourth-order valence-electron chi connectivity index (χ4n) is 2.92. The van der Waals surface area contributed by atoms with Gasteiger partial charge >= 0.3 is 0 Å². The van der Waals surface area contributed by atoms with Crippen LogP contribution in [0.4, 0.5) is 5.69 Å². The van der Waals surface area contributed by atoms with Crippen LogP contribution >= 0.6 is 15.9 Å². The van der Waals surface area contributed by atoms with Crippen LogP contribution in [0, 0.1) is 18.8 Å². The van der Waals surface area contributed by atoms with Crippen LogP contribution in [0.3, 0.4) is 0 Å². The van der Waals surface area contributed by atoms with Crippen LogP contribution < -0.4 is 10.6 Å². The van der Waals surface area contributed by atoms with E-state index >= 15 is 0 Å². The molecule has 3 rings (SSSR count). The van der Waals surface area contributed by atoms with Crippen LogP contribution in [0.2, 0.25) is 0 Å². The van der Waals surface area contributed by atoms with E-state index in [0.29, 0.717) is 13.0 Å². The number of amides is 2. The zero-order chi connectivity index (χ0) is 16.4. The van der Waals surface area contributed by atoms with Crippen molar-refractivity contribution in [3.63, 3.8) is 0 Å². The number of carbonyl (C=O) groups excluding carboxylic acids is 2. The molecule has 1 saturated carbocycles. The summed E-state index contributed by atoms with van der Waals surface area (Å²) in [4.78, 5) is 24.3. The molecule has 2 aliphatic rings. The highest BCUT2D eigenvalue weighted by atomic mass is 79.9. The predicted molar refractivity (Wildman–Crippen MR) is 91.1 cm³/mol. The molecule has 0 aromatic heterocycles. The van der Waals surface area contributed by atoms with E-state index in [1.165, 1.54) is 0 Å². The van der Waals surface area contributed by atoms with Crippen molar-refractivity contribution in [1.82, 2.24) is 5.32 Å². The lowest BCUT2D eigenvalue weighted by molar-refractivity contribution is -0.125. The van der Waals surface area contributed by atoms with Gasteiger partial charge in [-0.15, -0.1) is 0 Å². The van der Waals surface area contributed by atoms with Gasteiger partial charge in [0.1, 0.15) is 0 Å². The number of carbonyl (C=O) groups is 2. The molecule has 124 valence electrons. The van der Waals surface area contributed by atoms with Gasteiger partial charge in [0.15, 0.2) is 0 Å². The molecule has 3 atom stereocenters. The van der Waals surface area contributed by atoms with Gasteiger partial charge in [0.2, 0.25) is 11.8 Å². The first-order valence-electron chi connectivity index (χ1n) is 8.01. The second-order valence-corrected chi connectivity index (χ2v) is 7.19. The molecule has 1 saturated heterocycles. The Morgan fingerprint density at radius 3 is 2.78 bits per heavy atom. The van der Waals surface area contributed by atoms with E-state index in [0.717, 1.165) is 35.2 Å². The van der Waals surface area contributed by atoms with Crippen LogP contribution in [-0.4, -0.2) is 31.1 Å². The van der Waals surface area contributed by atoms with E-state index in [-0.39, 0.29) is 29.8 Å². The van der Waals surface area contributed by atoms with Crippen molar-refractivity contribution in [1.29, 1.82) is 0 Å². The highest BCUT2D eigenvalue weighted by Gasteiger charge is 2.48. The predicted octanol–water partition coefficient (Wildman–Crippen LogP) is 2.63. The normalized spacial score (nSPS) is 25.9. The number of hydrogen-bond acceptors (Lipinski definition) is 3. The molecule has 23 heavy (non-hydrogen) atoms. The number of halogens is 1. The molecule has 1 aliphatic heterocycles. The molecule has 0 bridgehead atoms. The Labute approximate surface area is 144 Å². The van der Waals surface area contributed by atoms with E-state index in [1.54, 1.807) is 0 Å². The van der Waals surface area contributed by atoms with Crippen LogP contribution in [0.5, 0.6) is 0 Å². The second-order valence-electron chi connectivity index (χ2n) is 6.28. The largest absolute Gasteiger partial charge is 0.376 e. The summed E-state index contributed by atoms with van der Waals surface area (Å²) >= 11 is 3.40. The summed E-state index contributed by atoms with van der Waals surface area (Å²) in [5.74, 6) is -0.532. The summed E-state index contributed by atoms with van der Waals surface area (Å²) in [5, 5.41) is 5.82. The number of aryl methyl sites for hydroxylation is 1. The zero-order valence-corrected chi connectivity index (χ0v) is 14.7. The standard InChI is InChI=1S/C17H21BrN2O3/c1-10-7-11(18)4-5-15(10)20-17(22)14-8-13(14)16(21)19-9-12-3-2-6-23-12/h4-5,7,12-14H,2-3,6,8-9H2,1H3,(H,19,21)(H,20,22). The molecular weight excluding hydrogens is 360 g/mol. The van der Waals surface area contributed by atoms with Crippen molar-refractivity contribution in [3.8, 4) is 0 Å². The Bertz CT molecular complexity index is 614. The third-order valence-electron chi connectivity index (χ3n) is 4.44. The number of ether oxygens (including phenoxy) is 1. The summed E-state index contributed by atoms with van der Waals surface area (Å²) in [6.07, 6.45) is 2.81. The van der Waals surface area contributed by atoms with Crippen LogP contribution in [0.1, 0.15) is 24.8 Å². The van der Waals surface area contributed by atoms with Gasteiger partial charge in [0, 0.05) is 23.3 Å². The van der Waals surface area contributed by atoms with Crippen molar-refractivity contribution < 1.29 is 14.3 Å². The Morgan fingerprint density at radius 2 is 2.09 bits per heavy atom. The van der Waals surface area contributed by atoms with Gasteiger partial charge in [-0.2, -0.15) is 0 Å². The molecule has 6 heteroatoms. The molecule has 1 aromatic carbocycles. The van der Waals surface area contributed by atoms with Crippen molar-refractivity contribution in [3.05, 3.63) is 28.2 Å². The smallest absolute Gasteiger partial charge is 0.228 e. The lowest BCUT2D eigenvalue weighted by Crippen LogP contribution is -2.33. The molecule has 1 aliphatic carbocycles. The molecule has 5 nitrogen and oxygen atoms in total. The lowest BCUT2D eigenvalue weighted by atomic mass is 10.2. The van der Waals surface area contributed by atoms with Gasteiger partial charge < -0.3 is 15.4 Å². The maximum absolute atomic E-state index is 12.3. The molecule has 0 radical (unpaired) electrons. The van der Waals surface area contributed by atoms with Gasteiger partial charge in [-0.3, -0.25) is 9.59 Å². The Balaban J connectivity index is 1.47. The van der Waals surface area contributed by atoms with E-state index < -0.39 is 0 Å². The average molecular weight is 381 g/mol. The number of benzene rings is 1. The van der Waals surface area contributed by atoms with E-state index in [2.05, 4.69) is 26.6 Å². The Kier molecular flexibility index (Phi) is 5.02. The number of anilines is 1. The minimum absolute atomic E-state index is 0.0341. The zero-order valence-electron chi connectivity index (χ0n) is 13.1. The molecule has 1 aromatic rings. The maximum atomic E-state index is 12.3. The highest BCUT2D eigenvalue weighted by Crippen LogP contribution is 2.39. The van der Waals surface area contributed by atoms with E-state index in [1.807, 2.05) is 25.1 Å². The SMILES string of the molecule is Cc1cc(Br)ccc1NC(=O)C1CC1C(=O)NCC1CCCO1. The minimum Gasteiger partial charge on any atom is -0.376 e. The quantitative estimate of drug-likeness (QED) is 0.824. The van der Waals surface area contributed by atoms with Crippen molar-refractivity contribution >= 4 is 33.4 Å². The summed E-state index contributed by atoms with van der Waals surface area (Å²) < 4.78 is 6.46. The summed E-state index contributed by atoms with van der Waals surface area (Å²) in [6, 6.07) is 5.71. The van der Waals surface area contributed by atoms with Crippen LogP contribution in [-0.2, 0) is 14.3 Å². The highest BCUT2D eigenvalue weighted by molar-refractivity contribution is 9.10. The Hall–Kier alpha value is -1.40. The monoisotopic (exact) mass is 380 g/mol. The van der Waals surface area contributed by atoms with Gasteiger partial charge in [0.05, 0.1) is 17.9 Å². The first kappa shape index (κ1) is 16.5. The average Bonchev–Trinajstić information content (AvgIpc) is 3.16. The van der Waals surface area contributed by atoms with Crippen molar-refractivity contribution in [2.24, 2.45) is 11.8 Å². The Morgan fingerprint density at radius 1 is 1.30 bits per heavy atom. The molecule has 2 amide bonds. The second kappa shape index (κ2) is 7.01. The first-order valence-corrected chi connectivity index (χ1v) is 8.80. The third kappa shape index (κ3) is 4.12. The maximum Gasteiger partial charge on any atom is 0.228 e. The summed E-state index contributed by atoms with van der Waals surface area (Å²) in [6.45, 7) is 3.27. The van der Waals surface area contributed by atoms with Crippen molar-refractivity contribution in [2.45, 2.75) is 32.3 Å². The first-order chi connectivity index (χ1) is 11.0. The lowest BCUT2D eigenvalue weighted by Gasteiger charge is -2.11. The number of rotatable bonds is 5. The minimum atomic E-state index is -0.220. The molecule has 0 spiro atoms. The molecular formula is C17H21BrN2O3. The topological polar surface area (TPSA) is 67.4 Å². The summed E-state index contributed by atoms with van der Waals surface area (Å²) in [5.41, 5.74) is 1.79. The molecule has 2 N–H and O–H groups in total. The fraction of sp³-hybridized carbons (Fsp3) is 0.529. The molecule has 2 fully saturated rings. The molecule has 1 heterocycles. The van der Waals surface area contributed by atoms with Gasteiger partial charge in [0.25, 0.3) is 0 Å². The van der Waals surface area contributed by atoms with Gasteiger partial charge in [-0.05, 0) is 49.9 Å². The van der Waals surface area contributed by atoms with Crippen LogP contribution in [0.15, 0.2) is 22.7 Å². The van der Waals surface area contributed by atoms with Crippen molar-refractivity contribution in [2.75, 3.05) is 18.5 Å². The van der Waals surface area contributed by atoms with E-state index in [9.17, 15) is 9.59 Å². The summed E-state index contributed by atoms with van der Waals surface area (Å²) in [7, 11) is 0. The third-order valence-corrected chi connectivity index (χ3v) is 4.93. The van der Waals surface area contributed by atoms with Gasteiger partial charge in [-0.1, -0.05) is 15.9 Å². The van der Waals surface area contributed by atoms with Crippen LogP contribution in [0.25, 0.3) is 0 Å². The number of nitrogens with one attached hydrogen (secondary N) is 2. The fourth-order valence-corrected chi connectivity index (χ4v) is 3.39. The number of hydrogen-bond donors (Lipinski definition) is 2. The van der Waals surface area contributed by atoms with E-state index in [4.69, 9.17) is 4.74 Å². The molecule has 3 unspecified atom stereocenters.